The third-order valence-corrected chi connectivity index (χ3v) is 2.57. The fraction of sp³-hybridized carbons (Fsp3) is 0.385. The van der Waals surface area contributed by atoms with Crippen molar-refractivity contribution in [2.75, 3.05) is 0 Å². The topological polar surface area (TPSA) is 66.4 Å². The maximum Gasteiger partial charge on any atom is 0.326 e. The molecule has 0 heterocycles. The van der Waals surface area contributed by atoms with Gasteiger partial charge in [0.15, 0.2) is 11.6 Å². The zero-order chi connectivity index (χ0) is 14.8. The van der Waals surface area contributed by atoms with E-state index in [-0.39, 0.29) is 5.56 Å². The Hall–Kier alpha value is -1.98. The fourth-order valence-electron chi connectivity index (χ4n) is 1.50. The van der Waals surface area contributed by atoms with Gasteiger partial charge in [-0.25, -0.2) is 13.6 Å². The third kappa shape index (κ3) is 3.74. The van der Waals surface area contributed by atoms with Crippen LogP contribution in [0.25, 0.3) is 0 Å². The van der Waals surface area contributed by atoms with Crippen molar-refractivity contribution in [1.29, 1.82) is 0 Å². The second-order valence-corrected chi connectivity index (χ2v) is 5.24. The van der Waals surface area contributed by atoms with Crippen LogP contribution in [0.5, 0.6) is 0 Å². The molecule has 1 aromatic carbocycles. The van der Waals surface area contributed by atoms with Gasteiger partial charge in [-0.15, -0.1) is 0 Å². The van der Waals surface area contributed by atoms with Gasteiger partial charge in [0.25, 0.3) is 5.91 Å². The molecule has 0 radical (unpaired) electrons. The highest BCUT2D eigenvalue weighted by Gasteiger charge is 2.32. The van der Waals surface area contributed by atoms with Gasteiger partial charge in [-0.05, 0) is 23.6 Å². The maximum absolute atomic E-state index is 13.0. The van der Waals surface area contributed by atoms with E-state index in [0.717, 1.165) is 18.2 Å². The van der Waals surface area contributed by atoms with Crippen LogP contribution in [0.4, 0.5) is 8.78 Å². The number of carboxylic acid groups (broad SMARTS) is 1. The smallest absolute Gasteiger partial charge is 0.326 e. The second-order valence-electron chi connectivity index (χ2n) is 5.24. The Morgan fingerprint density at radius 1 is 1.21 bits per heavy atom. The lowest BCUT2D eigenvalue weighted by Crippen LogP contribution is -2.49. The van der Waals surface area contributed by atoms with Crippen LogP contribution in [-0.2, 0) is 4.79 Å². The molecule has 0 spiro atoms. The molecule has 0 aromatic heterocycles. The summed E-state index contributed by atoms with van der Waals surface area (Å²) in [7, 11) is 0. The van der Waals surface area contributed by atoms with Crippen molar-refractivity contribution in [3.8, 4) is 0 Å². The summed E-state index contributed by atoms with van der Waals surface area (Å²) in [6, 6.07) is 1.51. The number of carbonyl (C=O) groups is 2. The molecule has 0 aliphatic carbocycles. The summed E-state index contributed by atoms with van der Waals surface area (Å²) in [6.07, 6.45) is 0. The van der Waals surface area contributed by atoms with Crippen molar-refractivity contribution in [2.45, 2.75) is 26.8 Å². The van der Waals surface area contributed by atoms with Gasteiger partial charge in [0.1, 0.15) is 6.04 Å². The Bertz CT molecular complexity index is 509. The Morgan fingerprint density at radius 3 is 2.21 bits per heavy atom. The lowest BCUT2D eigenvalue weighted by Gasteiger charge is -2.27. The number of carboxylic acids is 1. The molecular formula is C13H15F2NO3. The molecule has 0 saturated heterocycles. The maximum atomic E-state index is 13.0. The van der Waals surface area contributed by atoms with Gasteiger partial charge in [0.2, 0.25) is 0 Å². The lowest BCUT2D eigenvalue weighted by molar-refractivity contribution is -0.142. The Morgan fingerprint density at radius 2 is 1.79 bits per heavy atom. The van der Waals surface area contributed by atoms with Crippen LogP contribution >= 0.6 is 0 Å². The molecule has 104 valence electrons. The summed E-state index contributed by atoms with van der Waals surface area (Å²) in [5.74, 6) is -4.18. The van der Waals surface area contributed by atoms with Crippen LogP contribution in [0, 0.1) is 17.0 Å². The molecule has 4 nitrogen and oxygen atoms in total. The predicted octanol–water partition coefficient (Wildman–Crippen LogP) is 2.19. The Kier molecular flexibility index (Phi) is 4.24. The molecule has 0 aliphatic heterocycles. The predicted molar refractivity (Wildman–Crippen MR) is 64.7 cm³/mol. The molecule has 19 heavy (non-hydrogen) atoms. The summed E-state index contributed by atoms with van der Waals surface area (Å²) in [5, 5.41) is 11.3. The monoisotopic (exact) mass is 271 g/mol. The molecule has 0 fully saturated rings. The zero-order valence-electron chi connectivity index (χ0n) is 10.8. The molecule has 0 unspecified atom stereocenters. The third-order valence-electron chi connectivity index (χ3n) is 2.57. The first kappa shape index (κ1) is 15.1. The summed E-state index contributed by atoms with van der Waals surface area (Å²) >= 11 is 0. The van der Waals surface area contributed by atoms with Crippen LogP contribution in [0.2, 0.25) is 0 Å². The standard InChI is InChI=1S/C13H15F2NO3/c1-13(2,3)10(12(18)19)16-11(17)7-4-5-8(14)9(15)6-7/h4-6,10H,1-3H3,(H,16,17)(H,18,19)/t10-/m1/s1. The van der Waals surface area contributed by atoms with Gasteiger partial charge >= 0.3 is 5.97 Å². The molecule has 1 rings (SSSR count). The van der Waals surface area contributed by atoms with E-state index in [9.17, 15) is 18.4 Å². The van der Waals surface area contributed by atoms with E-state index in [1.165, 1.54) is 0 Å². The summed E-state index contributed by atoms with van der Waals surface area (Å²) in [6.45, 7) is 4.95. The molecule has 0 saturated carbocycles. The number of halogens is 2. The molecule has 0 aliphatic rings. The summed E-state index contributed by atoms with van der Waals surface area (Å²) < 4.78 is 25.7. The molecule has 6 heteroatoms. The van der Waals surface area contributed by atoms with E-state index >= 15 is 0 Å². The van der Waals surface area contributed by atoms with Gasteiger partial charge in [0.05, 0.1) is 0 Å². The number of aliphatic carboxylic acids is 1. The normalized spacial score (nSPS) is 12.9. The van der Waals surface area contributed by atoms with Crippen molar-refractivity contribution in [2.24, 2.45) is 5.41 Å². The lowest BCUT2D eigenvalue weighted by atomic mass is 9.86. The van der Waals surface area contributed by atoms with E-state index < -0.39 is 35.0 Å². The van der Waals surface area contributed by atoms with E-state index in [1.54, 1.807) is 20.8 Å². The summed E-state index contributed by atoms with van der Waals surface area (Å²) in [5.41, 5.74) is -0.838. The quantitative estimate of drug-likeness (QED) is 0.885. The molecule has 1 amide bonds. The van der Waals surface area contributed by atoms with Gasteiger partial charge < -0.3 is 10.4 Å². The number of nitrogens with one attached hydrogen (secondary N) is 1. The molecule has 1 aromatic rings. The van der Waals surface area contributed by atoms with Crippen molar-refractivity contribution in [1.82, 2.24) is 5.32 Å². The van der Waals surface area contributed by atoms with Crippen LogP contribution in [-0.4, -0.2) is 23.0 Å². The molecule has 1 atom stereocenters. The Balaban J connectivity index is 2.94. The Labute approximate surface area is 109 Å². The number of benzene rings is 1. The minimum absolute atomic E-state index is 0.130. The van der Waals surface area contributed by atoms with Crippen molar-refractivity contribution < 1.29 is 23.5 Å². The van der Waals surface area contributed by atoms with Crippen LogP contribution in [0.3, 0.4) is 0 Å². The van der Waals surface area contributed by atoms with Crippen LogP contribution < -0.4 is 5.32 Å². The van der Waals surface area contributed by atoms with Crippen LogP contribution in [0.15, 0.2) is 18.2 Å². The van der Waals surface area contributed by atoms with Gasteiger partial charge in [-0.2, -0.15) is 0 Å². The minimum atomic E-state index is -1.19. The molecule has 0 bridgehead atoms. The first-order valence-corrected chi connectivity index (χ1v) is 5.61. The van der Waals surface area contributed by atoms with Gasteiger partial charge in [-0.1, -0.05) is 20.8 Å². The highest BCUT2D eigenvalue weighted by atomic mass is 19.2. The minimum Gasteiger partial charge on any atom is -0.480 e. The zero-order valence-corrected chi connectivity index (χ0v) is 10.8. The van der Waals surface area contributed by atoms with E-state index in [4.69, 9.17) is 5.11 Å². The highest BCUT2D eigenvalue weighted by Crippen LogP contribution is 2.20. The van der Waals surface area contributed by atoms with E-state index in [1.807, 2.05) is 0 Å². The van der Waals surface area contributed by atoms with E-state index in [2.05, 4.69) is 5.32 Å². The average Bonchev–Trinajstić information content (AvgIpc) is 2.27. The number of rotatable bonds is 3. The first-order chi connectivity index (χ1) is 8.62. The highest BCUT2D eigenvalue weighted by molar-refractivity contribution is 5.96. The second kappa shape index (κ2) is 5.34. The number of amides is 1. The van der Waals surface area contributed by atoms with Crippen molar-refractivity contribution >= 4 is 11.9 Å². The molecular weight excluding hydrogens is 256 g/mol. The molecule has 2 N–H and O–H groups in total. The SMILES string of the molecule is CC(C)(C)[C@H](NC(=O)c1ccc(F)c(F)c1)C(=O)O. The van der Waals surface area contributed by atoms with Crippen molar-refractivity contribution in [3.05, 3.63) is 35.4 Å². The largest absolute Gasteiger partial charge is 0.480 e. The van der Waals surface area contributed by atoms with Crippen LogP contribution in [0.1, 0.15) is 31.1 Å². The van der Waals surface area contributed by atoms with Gasteiger partial charge in [0, 0.05) is 5.56 Å². The number of hydrogen-bond donors (Lipinski definition) is 2. The fourth-order valence-corrected chi connectivity index (χ4v) is 1.50. The number of carbonyl (C=O) groups excluding carboxylic acids is 1. The first-order valence-electron chi connectivity index (χ1n) is 5.61. The van der Waals surface area contributed by atoms with E-state index in [0.29, 0.717) is 0 Å². The summed E-state index contributed by atoms with van der Waals surface area (Å²) in [4.78, 5) is 22.9. The number of hydrogen-bond acceptors (Lipinski definition) is 2. The van der Waals surface area contributed by atoms with Crippen molar-refractivity contribution in [3.63, 3.8) is 0 Å². The average molecular weight is 271 g/mol. The van der Waals surface area contributed by atoms with Gasteiger partial charge in [-0.3, -0.25) is 4.79 Å².